The van der Waals surface area contributed by atoms with Crippen molar-refractivity contribution in [2.45, 2.75) is 0 Å². The van der Waals surface area contributed by atoms with Crippen molar-refractivity contribution >= 4 is 6.08 Å². The van der Waals surface area contributed by atoms with Crippen LogP contribution in [0.3, 0.4) is 0 Å². The van der Waals surface area contributed by atoms with Gasteiger partial charge < -0.3 is 9.84 Å². The molecule has 0 fully saturated rings. The number of hydrogen-bond donors (Lipinski definition) is 1. The number of nitrogens with zero attached hydrogens (tertiary/aromatic N) is 2. The van der Waals surface area contributed by atoms with Gasteiger partial charge in [-0.25, -0.2) is 4.57 Å². The second-order valence-electron chi connectivity index (χ2n) is 3.17. The van der Waals surface area contributed by atoms with Crippen LogP contribution in [0.25, 0.3) is 6.08 Å². The van der Waals surface area contributed by atoms with Crippen LogP contribution in [0.5, 0.6) is 0 Å². The lowest BCUT2D eigenvalue weighted by Crippen LogP contribution is -2.25. The molecule has 0 saturated heterocycles. The second kappa shape index (κ2) is 5.56. The minimum Gasteiger partial charge on any atom is -0.480 e. The second-order valence-corrected chi connectivity index (χ2v) is 3.17. The Kier molecular flexibility index (Phi) is 4.10. The van der Waals surface area contributed by atoms with Gasteiger partial charge in [0, 0.05) is 12.1 Å². The van der Waals surface area contributed by atoms with Crippen LogP contribution >= 0.6 is 0 Å². The van der Waals surface area contributed by atoms with Crippen LogP contribution in [0.4, 0.5) is 0 Å². The van der Waals surface area contributed by atoms with Gasteiger partial charge in [0.25, 0.3) is 5.95 Å². The summed E-state index contributed by atoms with van der Waals surface area (Å²) in [5.41, 5.74) is 1.03. The maximum absolute atomic E-state index is 9.22. The topological polar surface area (TPSA) is 57.1 Å². The molecule has 0 spiro atoms. The van der Waals surface area contributed by atoms with Crippen LogP contribution in [-0.2, 0) is 11.8 Å². The molecule has 82 valence electrons. The van der Waals surface area contributed by atoms with Crippen molar-refractivity contribution in [3.05, 3.63) is 47.7 Å². The molecule has 1 N–H and O–H groups in total. The number of nitriles is 1. The molecular weight excluding hydrogens is 204 g/mol. The van der Waals surface area contributed by atoms with Gasteiger partial charge in [0.05, 0.1) is 7.11 Å². The predicted molar refractivity (Wildman–Crippen MR) is 58.9 cm³/mol. The fourth-order valence-electron chi connectivity index (χ4n) is 1.07. The summed E-state index contributed by atoms with van der Waals surface area (Å²) in [4.78, 5) is 0. The van der Waals surface area contributed by atoms with Gasteiger partial charge in [-0.3, -0.25) is 0 Å². The third-order valence-corrected chi connectivity index (χ3v) is 1.99. The molecule has 0 saturated carbocycles. The number of aromatic nitrogens is 1. The lowest BCUT2D eigenvalue weighted by atomic mass is 10.2. The highest BCUT2D eigenvalue weighted by Crippen LogP contribution is 2.06. The average molecular weight is 217 g/mol. The SMILES string of the molecule is CO/C(O)=C(\C#N)C=Cc1cc[n+](C)cc1. The fraction of sp³-hybridized carbons (Fsp3) is 0.167. The molecule has 0 aliphatic rings. The summed E-state index contributed by atoms with van der Waals surface area (Å²) in [5.74, 6) is -0.375. The van der Waals surface area contributed by atoms with E-state index in [4.69, 9.17) is 5.26 Å². The first-order chi connectivity index (χ1) is 7.67. The number of hydrogen-bond acceptors (Lipinski definition) is 3. The number of allylic oxidation sites excluding steroid dienone is 2. The van der Waals surface area contributed by atoms with Crippen molar-refractivity contribution in [2.75, 3.05) is 7.11 Å². The lowest BCUT2D eigenvalue weighted by Gasteiger charge is -1.97. The van der Waals surface area contributed by atoms with Gasteiger partial charge in [-0.2, -0.15) is 5.26 Å². The maximum atomic E-state index is 9.22. The molecule has 0 atom stereocenters. The highest BCUT2D eigenvalue weighted by atomic mass is 16.6. The molecule has 0 amide bonds. The zero-order valence-electron chi connectivity index (χ0n) is 9.21. The Morgan fingerprint density at radius 1 is 1.50 bits per heavy atom. The van der Waals surface area contributed by atoms with Crippen molar-refractivity contribution in [1.29, 1.82) is 5.26 Å². The Morgan fingerprint density at radius 2 is 2.12 bits per heavy atom. The average Bonchev–Trinajstić information content (AvgIpc) is 2.31. The number of ether oxygens (including phenoxy) is 1. The molecule has 0 aliphatic heterocycles. The van der Waals surface area contributed by atoms with Gasteiger partial charge >= 0.3 is 0 Å². The van der Waals surface area contributed by atoms with Gasteiger partial charge in [0.2, 0.25) is 0 Å². The predicted octanol–water partition coefficient (Wildman–Crippen LogP) is 1.46. The van der Waals surface area contributed by atoms with Gasteiger partial charge in [-0.1, -0.05) is 6.08 Å². The Balaban J connectivity index is 2.89. The molecular formula is C12H13N2O2+. The zero-order chi connectivity index (χ0) is 12.0. The van der Waals surface area contributed by atoms with Crippen molar-refractivity contribution < 1.29 is 14.4 Å². The molecule has 1 rings (SSSR count). The molecule has 0 aliphatic carbocycles. The number of methoxy groups -OCH3 is 1. The molecule has 4 heteroatoms. The van der Waals surface area contributed by atoms with E-state index in [1.54, 1.807) is 6.08 Å². The van der Waals surface area contributed by atoms with E-state index >= 15 is 0 Å². The van der Waals surface area contributed by atoms with E-state index in [0.29, 0.717) is 0 Å². The molecule has 0 bridgehead atoms. The third-order valence-electron chi connectivity index (χ3n) is 1.99. The van der Waals surface area contributed by atoms with Gasteiger partial charge in [-0.05, 0) is 11.6 Å². The van der Waals surface area contributed by atoms with Gasteiger partial charge in [-0.15, -0.1) is 0 Å². The van der Waals surface area contributed by atoms with Crippen LogP contribution in [0.1, 0.15) is 5.56 Å². The van der Waals surface area contributed by atoms with Crippen LogP contribution in [0.2, 0.25) is 0 Å². The van der Waals surface area contributed by atoms with Crippen LogP contribution in [-0.4, -0.2) is 12.2 Å². The first-order valence-corrected chi connectivity index (χ1v) is 4.68. The Labute approximate surface area is 94.3 Å². The molecule has 0 aromatic carbocycles. The monoisotopic (exact) mass is 217 g/mol. The Bertz CT molecular complexity index is 453. The largest absolute Gasteiger partial charge is 0.480 e. The van der Waals surface area contributed by atoms with E-state index in [-0.39, 0.29) is 11.5 Å². The quantitative estimate of drug-likeness (QED) is 0.361. The first kappa shape index (κ1) is 11.8. The highest BCUT2D eigenvalue weighted by Gasteiger charge is 2.00. The number of pyridine rings is 1. The smallest absolute Gasteiger partial charge is 0.294 e. The normalized spacial score (nSPS) is 12.1. The summed E-state index contributed by atoms with van der Waals surface area (Å²) in [6, 6.07) is 5.64. The number of aliphatic hydroxyl groups is 1. The molecule has 4 nitrogen and oxygen atoms in total. The number of aliphatic hydroxyl groups excluding tert-OH is 1. The van der Waals surface area contributed by atoms with E-state index in [2.05, 4.69) is 4.74 Å². The summed E-state index contributed by atoms with van der Waals surface area (Å²) < 4.78 is 6.48. The van der Waals surface area contributed by atoms with Crippen LogP contribution < -0.4 is 4.57 Å². The Morgan fingerprint density at radius 3 is 2.62 bits per heavy atom. The summed E-state index contributed by atoms with van der Waals surface area (Å²) in [7, 11) is 3.23. The van der Waals surface area contributed by atoms with E-state index < -0.39 is 0 Å². The van der Waals surface area contributed by atoms with E-state index in [0.717, 1.165) is 5.56 Å². The summed E-state index contributed by atoms with van der Waals surface area (Å²) >= 11 is 0. The summed E-state index contributed by atoms with van der Waals surface area (Å²) in [6.45, 7) is 0. The maximum Gasteiger partial charge on any atom is 0.294 e. The lowest BCUT2D eigenvalue weighted by molar-refractivity contribution is -0.671. The number of aryl methyl sites for hydroxylation is 1. The molecule has 0 radical (unpaired) electrons. The zero-order valence-corrected chi connectivity index (χ0v) is 9.21. The molecule has 0 unspecified atom stereocenters. The van der Waals surface area contributed by atoms with E-state index in [1.165, 1.54) is 13.2 Å². The summed E-state index contributed by atoms with van der Waals surface area (Å²) in [6.07, 6.45) is 7.03. The van der Waals surface area contributed by atoms with E-state index in [1.807, 2.05) is 42.2 Å². The van der Waals surface area contributed by atoms with Gasteiger partial charge in [0.1, 0.15) is 18.7 Å². The standard InChI is InChI=1S/C12H12N2O2/c1-14-7-5-10(6-8-14)3-4-11(9-13)12(15)16-2/h3-8H,1-2H3/p+1. The Hall–Kier alpha value is -2.28. The van der Waals surface area contributed by atoms with Crippen LogP contribution in [0, 0.1) is 11.3 Å². The molecule has 1 aromatic rings. The van der Waals surface area contributed by atoms with E-state index in [9.17, 15) is 5.11 Å². The van der Waals surface area contributed by atoms with Crippen molar-refractivity contribution in [3.63, 3.8) is 0 Å². The molecule has 1 aromatic heterocycles. The number of rotatable bonds is 3. The highest BCUT2D eigenvalue weighted by molar-refractivity contribution is 5.54. The third kappa shape index (κ3) is 3.14. The fourth-order valence-corrected chi connectivity index (χ4v) is 1.07. The van der Waals surface area contributed by atoms with Crippen LogP contribution in [0.15, 0.2) is 42.1 Å². The van der Waals surface area contributed by atoms with Crippen molar-refractivity contribution in [1.82, 2.24) is 0 Å². The van der Waals surface area contributed by atoms with Crippen molar-refractivity contribution in [3.8, 4) is 6.07 Å². The minimum absolute atomic E-state index is 0.0933. The minimum atomic E-state index is -0.375. The molecule has 1 heterocycles. The van der Waals surface area contributed by atoms with Crippen molar-refractivity contribution in [2.24, 2.45) is 7.05 Å². The molecule has 16 heavy (non-hydrogen) atoms. The van der Waals surface area contributed by atoms with Gasteiger partial charge in [0.15, 0.2) is 12.4 Å². The first-order valence-electron chi connectivity index (χ1n) is 4.68. The summed E-state index contributed by atoms with van der Waals surface area (Å²) in [5, 5.41) is 18.0.